The van der Waals surface area contributed by atoms with E-state index in [0.29, 0.717) is 18.9 Å². The Kier molecular flexibility index (Phi) is 3.25. The fourth-order valence-corrected chi connectivity index (χ4v) is 2.01. The molecule has 2 heterocycles. The molecule has 0 spiro atoms. The molecule has 0 saturated carbocycles. The maximum Gasteiger partial charge on any atom is 0.374 e. The molecule has 0 unspecified atom stereocenters. The molecule has 0 aliphatic carbocycles. The molecule has 0 saturated heterocycles. The zero-order valence-electron chi connectivity index (χ0n) is 11.0. The minimum Gasteiger partial charge on any atom is -0.460 e. The van der Waals surface area contributed by atoms with Crippen LogP contribution in [0.4, 0.5) is 0 Å². The fraction of sp³-hybridized carbons (Fsp3) is 0.200. The molecule has 3 aromatic rings. The minimum absolute atomic E-state index is 0.214. The van der Waals surface area contributed by atoms with Gasteiger partial charge in [-0.25, -0.2) is 9.78 Å². The summed E-state index contributed by atoms with van der Waals surface area (Å²) >= 11 is 0. The van der Waals surface area contributed by atoms with Crippen molar-refractivity contribution in [3.63, 3.8) is 0 Å². The second-order valence-electron chi connectivity index (χ2n) is 4.27. The van der Waals surface area contributed by atoms with E-state index in [1.807, 2.05) is 28.8 Å². The highest BCUT2D eigenvalue weighted by Gasteiger charge is 2.13. The first kappa shape index (κ1) is 12.5. The minimum atomic E-state index is -0.446. The number of nitrogens with zero attached hydrogens (tertiary/aromatic N) is 2. The largest absolute Gasteiger partial charge is 0.460 e. The van der Waals surface area contributed by atoms with Crippen molar-refractivity contribution >= 4 is 17.0 Å². The van der Waals surface area contributed by atoms with Gasteiger partial charge in [-0.2, -0.15) is 0 Å². The summed E-state index contributed by atoms with van der Waals surface area (Å²) in [6.45, 7) is 2.56. The molecule has 0 amide bonds. The van der Waals surface area contributed by atoms with Crippen LogP contribution in [0.15, 0.2) is 40.8 Å². The van der Waals surface area contributed by atoms with Gasteiger partial charge in [-0.3, -0.25) is 0 Å². The number of hydrogen-bond donors (Lipinski definition) is 0. The summed E-state index contributed by atoms with van der Waals surface area (Å²) in [6.07, 6.45) is 2.92. The fourth-order valence-electron chi connectivity index (χ4n) is 2.01. The summed E-state index contributed by atoms with van der Waals surface area (Å²) in [5, 5.41) is 0. The van der Waals surface area contributed by atoms with Crippen molar-refractivity contribution in [3.05, 3.63) is 54.2 Å². The predicted molar refractivity (Wildman–Crippen MR) is 72.3 cm³/mol. The van der Waals surface area contributed by atoms with Crippen LogP contribution in [-0.2, 0) is 11.3 Å². The van der Waals surface area contributed by atoms with Crippen molar-refractivity contribution in [3.8, 4) is 0 Å². The number of carbonyl (C=O) groups is 1. The lowest BCUT2D eigenvalue weighted by Crippen LogP contribution is -2.03. The van der Waals surface area contributed by atoms with Crippen molar-refractivity contribution < 1.29 is 13.9 Å². The Morgan fingerprint density at radius 1 is 1.35 bits per heavy atom. The van der Waals surface area contributed by atoms with Gasteiger partial charge in [0.15, 0.2) is 6.33 Å². The number of aromatic nitrogens is 2. The highest BCUT2D eigenvalue weighted by molar-refractivity contribution is 5.86. The van der Waals surface area contributed by atoms with E-state index in [2.05, 4.69) is 11.3 Å². The van der Waals surface area contributed by atoms with Crippen molar-refractivity contribution in [1.29, 1.82) is 0 Å². The maximum absolute atomic E-state index is 11.5. The molecule has 5 heteroatoms. The second-order valence-corrected chi connectivity index (χ2v) is 4.27. The first-order chi connectivity index (χ1) is 9.78. The predicted octanol–water partition coefficient (Wildman–Crippen LogP) is 2.65. The van der Waals surface area contributed by atoms with Gasteiger partial charge in [0.2, 0.25) is 5.76 Å². The first-order valence-corrected chi connectivity index (χ1v) is 6.36. The summed E-state index contributed by atoms with van der Waals surface area (Å²) in [7, 11) is 0. The van der Waals surface area contributed by atoms with E-state index in [1.165, 1.54) is 0 Å². The summed E-state index contributed by atoms with van der Waals surface area (Å²) in [4.78, 5) is 15.7. The van der Waals surface area contributed by atoms with Gasteiger partial charge in [0.05, 0.1) is 24.2 Å². The van der Waals surface area contributed by atoms with Crippen LogP contribution >= 0.6 is 0 Å². The number of furan rings is 1. The topological polar surface area (TPSA) is 57.3 Å². The van der Waals surface area contributed by atoms with Crippen molar-refractivity contribution in [1.82, 2.24) is 9.55 Å². The maximum atomic E-state index is 11.5. The lowest BCUT2D eigenvalue weighted by atomic mass is 10.3. The van der Waals surface area contributed by atoms with Crippen molar-refractivity contribution in [2.75, 3.05) is 6.61 Å². The van der Waals surface area contributed by atoms with Crippen LogP contribution in [0.5, 0.6) is 0 Å². The normalized spacial score (nSPS) is 10.8. The molecule has 0 fully saturated rings. The summed E-state index contributed by atoms with van der Waals surface area (Å²) in [5.41, 5.74) is 1.85. The lowest BCUT2D eigenvalue weighted by Gasteiger charge is -2.01. The second kappa shape index (κ2) is 5.21. The van der Waals surface area contributed by atoms with E-state index in [1.54, 1.807) is 19.1 Å². The van der Waals surface area contributed by atoms with Crippen LogP contribution in [0.25, 0.3) is 11.0 Å². The van der Waals surface area contributed by atoms with E-state index in [-0.39, 0.29) is 5.76 Å². The molecule has 5 nitrogen and oxygen atoms in total. The van der Waals surface area contributed by atoms with Crippen LogP contribution in [0.1, 0.15) is 23.2 Å². The molecule has 0 N–H and O–H groups in total. The Morgan fingerprint density at radius 2 is 2.20 bits per heavy atom. The smallest absolute Gasteiger partial charge is 0.374 e. The standard InChI is InChI=1S/C15H13N2O3/c1-2-19-15(18)14-8-7-11(20-14)9-17-10-16-12-5-3-4-6-13(12)17/h3-8H,2,9H2,1H3. The average Bonchev–Trinajstić information content (AvgIpc) is 3.08. The number of carbonyl (C=O) groups excluding carboxylic acids is 1. The number of imidazole rings is 1. The number of benzene rings is 1. The zero-order chi connectivity index (χ0) is 13.9. The summed E-state index contributed by atoms with van der Waals surface area (Å²) in [6, 6.07) is 11.1. The van der Waals surface area contributed by atoms with E-state index >= 15 is 0 Å². The molecule has 0 bridgehead atoms. The average molecular weight is 269 g/mol. The van der Waals surface area contributed by atoms with Gasteiger partial charge in [0.25, 0.3) is 0 Å². The van der Waals surface area contributed by atoms with Crippen molar-refractivity contribution in [2.24, 2.45) is 0 Å². The molecule has 20 heavy (non-hydrogen) atoms. The van der Waals surface area contributed by atoms with E-state index < -0.39 is 5.97 Å². The van der Waals surface area contributed by atoms with Gasteiger partial charge in [-0.15, -0.1) is 0 Å². The molecule has 1 aromatic carbocycles. The molecular weight excluding hydrogens is 256 g/mol. The van der Waals surface area contributed by atoms with Gasteiger partial charge in [0, 0.05) is 0 Å². The highest BCUT2D eigenvalue weighted by Crippen LogP contribution is 2.15. The zero-order valence-corrected chi connectivity index (χ0v) is 11.0. The Labute approximate surface area is 115 Å². The highest BCUT2D eigenvalue weighted by atomic mass is 16.5. The third kappa shape index (κ3) is 2.30. The first-order valence-electron chi connectivity index (χ1n) is 6.36. The SMILES string of the molecule is CCOC(=O)c1ccc(Cn2[c]nc3ccccc32)o1. The van der Waals surface area contributed by atoms with Gasteiger partial charge >= 0.3 is 5.97 Å². The summed E-state index contributed by atoms with van der Waals surface area (Å²) < 4.78 is 12.2. The van der Waals surface area contributed by atoms with Gasteiger partial charge in [-0.05, 0) is 31.2 Å². The van der Waals surface area contributed by atoms with Crippen LogP contribution in [0.2, 0.25) is 0 Å². The Balaban J connectivity index is 1.83. The van der Waals surface area contributed by atoms with E-state index in [9.17, 15) is 4.79 Å². The van der Waals surface area contributed by atoms with Crippen LogP contribution in [0, 0.1) is 6.33 Å². The third-order valence-corrected chi connectivity index (χ3v) is 2.92. The molecule has 2 aromatic heterocycles. The molecule has 1 radical (unpaired) electrons. The van der Waals surface area contributed by atoms with Gasteiger partial charge in [0.1, 0.15) is 5.76 Å². The number of ether oxygens (including phenoxy) is 1. The van der Waals surface area contributed by atoms with Crippen LogP contribution in [0.3, 0.4) is 0 Å². The number of esters is 1. The Morgan fingerprint density at radius 3 is 3.05 bits per heavy atom. The Bertz CT molecular complexity index is 742. The summed E-state index contributed by atoms with van der Waals surface area (Å²) in [5.74, 6) is 0.428. The lowest BCUT2D eigenvalue weighted by molar-refractivity contribution is 0.0488. The van der Waals surface area contributed by atoms with E-state index in [0.717, 1.165) is 11.0 Å². The van der Waals surface area contributed by atoms with Crippen molar-refractivity contribution in [2.45, 2.75) is 13.5 Å². The molecule has 0 aliphatic heterocycles. The Hall–Kier alpha value is -2.56. The van der Waals surface area contributed by atoms with E-state index in [4.69, 9.17) is 9.15 Å². The van der Waals surface area contributed by atoms with Gasteiger partial charge in [-0.1, -0.05) is 12.1 Å². The molecule has 0 atom stereocenters. The number of para-hydroxylation sites is 2. The molecule has 3 rings (SSSR count). The molecule has 101 valence electrons. The number of fused-ring (bicyclic) bond motifs is 1. The number of rotatable bonds is 4. The van der Waals surface area contributed by atoms with Gasteiger partial charge < -0.3 is 13.7 Å². The van der Waals surface area contributed by atoms with Crippen LogP contribution in [-0.4, -0.2) is 22.1 Å². The van der Waals surface area contributed by atoms with Crippen LogP contribution < -0.4 is 0 Å². The number of hydrogen-bond acceptors (Lipinski definition) is 4. The molecular formula is C15H13N2O3. The molecule has 0 aliphatic rings. The quantitative estimate of drug-likeness (QED) is 0.683. The third-order valence-electron chi connectivity index (χ3n) is 2.92. The monoisotopic (exact) mass is 269 g/mol.